The van der Waals surface area contributed by atoms with E-state index in [4.69, 9.17) is 0 Å². The van der Waals surface area contributed by atoms with E-state index in [1.54, 1.807) is 11.8 Å². The number of carbonyl (C=O) groups is 1. The number of hydrogen-bond acceptors (Lipinski definition) is 3. The molecule has 0 spiro atoms. The van der Waals surface area contributed by atoms with Crippen LogP contribution in [0.2, 0.25) is 0 Å². The maximum absolute atomic E-state index is 11.8. The van der Waals surface area contributed by atoms with Crippen LogP contribution in [0.1, 0.15) is 33.6 Å². The maximum Gasteiger partial charge on any atom is 0.223 e. The Balaban J connectivity index is 0.00000289. The molecule has 2 atom stereocenters. The van der Waals surface area contributed by atoms with Crippen LogP contribution in [0.25, 0.3) is 0 Å². The summed E-state index contributed by atoms with van der Waals surface area (Å²) in [6.07, 6.45) is 4.51. The van der Waals surface area contributed by atoms with Gasteiger partial charge in [-0.05, 0) is 31.1 Å². The van der Waals surface area contributed by atoms with Gasteiger partial charge in [0.2, 0.25) is 5.91 Å². The number of carbonyl (C=O) groups excluding carboxylic acids is 1. The average molecular weight is 295 g/mol. The SMILES string of the molecule is CSCC(C)C(=O)NCC1NCCCC1(C)C.Cl. The van der Waals surface area contributed by atoms with Gasteiger partial charge >= 0.3 is 0 Å². The van der Waals surface area contributed by atoms with Crippen LogP contribution < -0.4 is 10.6 Å². The first-order valence-electron chi connectivity index (χ1n) is 6.47. The first kappa shape index (κ1) is 18.1. The molecule has 2 N–H and O–H groups in total. The Morgan fingerprint density at radius 1 is 1.56 bits per heavy atom. The summed E-state index contributed by atoms with van der Waals surface area (Å²) in [4.78, 5) is 11.8. The van der Waals surface area contributed by atoms with Crippen LogP contribution in [0.5, 0.6) is 0 Å². The number of piperidine rings is 1. The van der Waals surface area contributed by atoms with Crippen molar-refractivity contribution >= 4 is 30.1 Å². The summed E-state index contributed by atoms with van der Waals surface area (Å²) in [5, 5.41) is 6.59. The molecule has 0 aliphatic carbocycles. The Labute approximate surface area is 122 Å². The molecule has 1 amide bonds. The summed E-state index contributed by atoms with van der Waals surface area (Å²) in [7, 11) is 0. The fourth-order valence-corrected chi connectivity index (χ4v) is 2.97. The van der Waals surface area contributed by atoms with Gasteiger partial charge in [0.25, 0.3) is 0 Å². The van der Waals surface area contributed by atoms with Crippen LogP contribution in [0.15, 0.2) is 0 Å². The highest BCUT2D eigenvalue weighted by molar-refractivity contribution is 7.98. The lowest BCUT2D eigenvalue weighted by Gasteiger charge is -2.39. The monoisotopic (exact) mass is 294 g/mol. The van der Waals surface area contributed by atoms with Gasteiger partial charge in [-0.2, -0.15) is 11.8 Å². The first-order valence-corrected chi connectivity index (χ1v) is 7.87. The van der Waals surface area contributed by atoms with Gasteiger partial charge < -0.3 is 10.6 Å². The van der Waals surface area contributed by atoms with E-state index in [0.29, 0.717) is 6.04 Å². The number of nitrogens with one attached hydrogen (secondary N) is 2. The lowest BCUT2D eigenvalue weighted by atomic mass is 9.77. The molecule has 1 heterocycles. The zero-order valence-corrected chi connectivity index (χ0v) is 13.5. The lowest BCUT2D eigenvalue weighted by Crippen LogP contribution is -2.53. The third kappa shape index (κ3) is 5.37. The Kier molecular flexibility index (Phi) is 8.31. The minimum Gasteiger partial charge on any atom is -0.354 e. The third-order valence-corrected chi connectivity index (χ3v) is 4.51. The van der Waals surface area contributed by atoms with Gasteiger partial charge in [0.15, 0.2) is 0 Å². The molecule has 1 aliphatic heterocycles. The smallest absolute Gasteiger partial charge is 0.223 e. The van der Waals surface area contributed by atoms with Gasteiger partial charge in [-0.3, -0.25) is 4.79 Å². The molecule has 108 valence electrons. The Morgan fingerprint density at radius 2 is 2.22 bits per heavy atom. The quantitative estimate of drug-likeness (QED) is 0.817. The van der Waals surface area contributed by atoms with Crippen molar-refractivity contribution in [3.63, 3.8) is 0 Å². The van der Waals surface area contributed by atoms with Crippen molar-refractivity contribution in [2.24, 2.45) is 11.3 Å². The summed E-state index contributed by atoms with van der Waals surface area (Å²) in [5.74, 6) is 1.19. The highest BCUT2D eigenvalue weighted by Gasteiger charge is 2.32. The van der Waals surface area contributed by atoms with E-state index in [-0.39, 0.29) is 29.6 Å². The van der Waals surface area contributed by atoms with Gasteiger partial charge in [0.05, 0.1) is 0 Å². The van der Waals surface area contributed by atoms with Gasteiger partial charge in [-0.25, -0.2) is 0 Å². The van der Waals surface area contributed by atoms with E-state index in [1.165, 1.54) is 12.8 Å². The van der Waals surface area contributed by atoms with Crippen molar-refractivity contribution in [2.45, 2.75) is 39.7 Å². The van der Waals surface area contributed by atoms with Gasteiger partial charge in [-0.1, -0.05) is 20.8 Å². The minimum atomic E-state index is 0. The predicted octanol–water partition coefficient (Wildman–Crippen LogP) is 2.30. The summed E-state index contributed by atoms with van der Waals surface area (Å²) < 4.78 is 0. The highest BCUT2D eigenvalue weighted by Crippen LogP contribution is 2.29. The molecule has 0 aromatic carbocycles. The van der Waals surface area contributed by atoms with E-state index < -0.39 is 0 Å². The molecule has 0 saturated carbocycles. The molecular weight excluding hydrogens is 268 g/mol. The fraction of sp³-hybridized carbons (Fsp3) is 0.923. The van der Waals surface area contributed by atoms with Crippen molar-refractivity contribution in [2.75, 3.05) is 25.1 Å². The molecule has 18 heavy (non-hydrogen) atoms. The van der Waals surface area contributed by atoms with E-state index >= 15 is 0 Å². The molecule has 2 unspecified atom stereocenters. The van der Waals surface area contributed by atoms with Crippen LogP contribution >= 0.6 is 24.2 Å². The second kappa shape index (κ2) is 8.28. The highest BCUT2D eigenvalue weighted by atomic mass is 35.5. The fourth-order valence-electron chi connectivity index (χ4n) is 2.32. The molecule has 0 aromatic rings. The molecule has 5 heteroatoms. The molecule has 1 rings (SSSR count). The van der Waals surface area contributed by atoms with Crippen LogP contribution in [0.3, 0.4) is 0 Å². The number of amides is 1. The summed E-state index contributed by atoms with van der Waals surface area (Å²) >= 11 is 1.72. The van der Waals surface area contributed by atoms with Crippen molar-refractivity contribution in [1.29, 1.82) is 0 Å². The van der Waals surface area contributed by atoms with Crippen molar-refractivity contribution < 1.29 is 4.79 Å². The molecule has 0 bridgehead atoms. The van der Waals surface area contributed by atoms with E-state index in [2.05, 4.69) is 24.5 Å². The molecule has 0 aromatic heterocycles. The summed E-state index contributed by atoms with van der Waals surface area (Å²) in [6, 6.07) is 0.404. The summed E-state index contributed by atoms with van der Waals surface area (Å²) in [6.45, 7) is 8.38. The van der Waals surface area contributed by atoms with Crippen LogP contribution in [0.4, 0.5) is 0 Å². The molecular formula is C13H27ClN2OS. The largest absolute Gasteiger partial charge is 0.354 e. The number of rotatable bonds is 5. The molecule has 1 aliphatic rings. The van der Waals surface area contributed by atoms with Gasteiger partial charge in [0, 0.05) is 24.3 Å². The third-order valence-electron chi connectivity index (χ3n) is 3.68. The van der Waals surface area contributed by atoms with Crippen LogP contribution in [-0.4, -0.2) is 37.0 Å². The van der Waals surface area contributed by atoms with Crippen LogP contribution in [-0.2, 0) is 4.79 Å². The van der Waals surface area contributed by atoms with E-state index in [9.17, 15) is 4.79 Å². The number of thioether (sulfide) groups is 1. The predicted molar refractivity (Wildman–Crippen MR) is 82.6 cm³/mol. The number of halogens is 1. The van der Waals surface area contributed by atoms with E-state index in [1.807, 2.05) is 13.2 Å². The zero-order chi connectivity index (χ0) is 12.9. The van der Waals surface area contributed by atoms with Crippen molar-refractivity contribution in [1.82, 2.24) is 10.6 Å². The maximum atomic E-state index is 11.8. The average Bonchev–Trinajstić information content (AvgIpc) is 2.27. The second-order valence-corrected chi connectivity index (χ2v) is 6.61. The molecule has 1 fully saturated rings. The van der Waals surface area contributed by atoms with Crippen LogP contribution in [0, 0.1) is 11.3 Å². The molecule has 0 radical (unpaired) electrons. The molecule has 1 saturated heterocycles. The van der Waals surface area contributed by atoms with Crippen molar-refractivity contribution in [3.8, 4) is 0 Å². The van der Waals surface area contributed by atoms with Gasteiger partial charge in [0.1, 0.15) is 0 Å². The zero-order valence-electron chi connectivity index (χ0n) is 11.9. The Hall–Kier alpha value is 0.0700. The molecule has 3 nitrogen and oxygen atoms in total. The number of hydrogen-bond donors (Lipinski definition) is 2. The standard InChI is InChI=1S/C13H26N2OS.ClH/c1-10(9-17-4)12(16)15-8-11-13(2,3)6-5-7-14-11;/h10-11,14H,5-9H2,1-4H3,(H,15,16);1H. The first-order chi connectivity index (χ1) is 7.97. The normalized spacial score (nSPS) is 23.9. The Morgan fingerprint density at radius 3 is 2.78 bits per heavy atom. The minimum absolute atomic E-state index is 0. The summed E-state index contributed by atoms with van der Waals surface area (Å²) in [5.41, 5.74) is 0.286. The lowest BCUT2D eigenvalue weighted by molar-refractivity contribution is -0.124. The Bertz CT molecular complexity index is 261. The topological polar surface area (TPSA) is 41.1 Å². The second-order valence-electron chi connectivity index (χ2n) is 5.70. The van der Waals surface area contributed by atoms with E-state index in [0.717, 1.165) is 18.8 Å². The van der Waals surface area contributed by atoms with Crippen molar-refractivity contribution in [3.05, 3.63) is 0 Å². The van der Waals surface area contributed by atoms with Gasteiger partial charge in [-0.15, -0.1) is 12.4 Å².